The molecule has 88 valence electrons. The van der Waals surface area contributed by atoms with E-state index in [1.54, 1.807) is 6.92 Å². The van der Waals surface area contributed by atoms with E-state index >= 15 is 0 Å². The molecular formula is C14H15NOS. The molecule has 2 rings (SSSR count). The van der Waals surface area contributed by atoms with E-state index in [0.29, 0.717) is 0 Å². The van der Waals surface area contributed by atoms with Gasteiger partial charge in [0.1, 0.15) is 0 Å². The third-order valence-electron chi connectivity index (χ3n) is 2.58. The Kier molecular flexibility index (Phi) is 4.11. The van der Waals surface area contributed by atoms with Gasteiger partial charge in [0.25, 0.3) is 0 Å². The molecule has 3 heteroatoms. The predicted molar refractivity (Wildman–Crippen MR) is 73.3 cm³/mol. The van der Waals surface area contributed by atoms with E-state index in [-0.39, 0.29) is 5.12 Å². The van der Waals surface area contributed by atoms with E-state index in [4.69, 9.17) is 0 Å². The molecule has 0 fully saturated rings. The minimum Gasteiger partial charge on any atom is -0.384 e. The van der Waals surface area contributed by atoms with Crippen molar-refractivity contribution in [2.75, 3.05) is 17.6 Å². The number of thioether (sulfide) groups is 1. The van der Waals surface area contributed by atoms with Crippen LogP contribution in [-0.2, 0) is 11.2 Å². The number of anilines is 1. The maximum Gasteiger partial charge on any atom is 0.185 e. The Bertz CT molecular complexity index is 485. The van der Waals surface area contributed by atoms with E-state index < -0.39 is 0 Å². The van der Waals surface area contributed by atoms with Crippen LogP contribution < -0.4 is 5.32 Å². The summed E-state index contributed by atoms with van der Waals surface area (Å²) in [5.41, 5.74) is 3.66. The summed E-state index contributed by atoms with van der Waals surface area (Å²) in [5, 5.41) is 3.49. The van der Waals surface area contributed by atoms with Crippen LogP contribution in [0.2, 0.25) is 0 Å². The van der Waals surface area contributed by atoms with Crippen molar-refractivity contribution >= 4 is 22.6 Å². The van der Waals surface area contributed by atoms with Crippen LogP contribution in [-0.4, -0.2) is 17.4 Å². The summed E-state index contributed by atoms with van der Waals surface area (Å²) in [4.78, 5) is 10.7. The Labute approximate surface area is 106 Å². The first-order chi connectivity index (χ1) is 8.25. The Morgan fingerprint density at radius 2 is 2.41 bits per heavy atom. The van der Waals surface area contributed by atoms with Crippen molar-refractivity contribution in [3.8, 4) is 11.8 Å². The topological polar surface area (TPSA) is 29.1 Å². The van der Waals surface area contributed by atoms with E-state index in [0.717, 1.165) is 30.7 Å². The average Bonchev–Trinajstić information content (AvgIpc) is 2.75. The lowest BCUT2D eigenvalue weighted by molar-refractivity contribution is -0.109. The minimum absolute atomic E-state index is 0.162. The van der Waals surface area contributed by atoms with Gasteiger partial charge in [-0.2, -0.15) is 0 Å². The normalized spacial score (nSPS) is 12.3. The summed E-state index contributed by atoms with van der Waals surface area (Å²) in [7, 11) is 0. The lowest BCUT2D eigenvalue weighted by Crippen LogP contribution is -1.90. The van der Waals surface area contributed by atoms with E-state index in [9.17, 15) is 4.79 Å². The lowest BCUT2D eigenvalue weighted by atomic mass is 10.1. The third-order valence-corrected chi connectivity index (χ3v) is 3.39. The van der Waals surface area contributed by atoms with Crippen LogP contribution in [0.1, 0.15) is 24.5 Å². The number of hydrogen-bond acceptors (Lipinski definition) is 3. The van der Waals surface area contributed by atoms with Gasteiger partial charge in [-0.3, -0.25) is 4.79 Å². The van der Waals surface area contributed by atoms with Crippen LogP contribution in [0, 0.1) is 11.8 Å². The molecule has 1 aromatic rings. The number of hydrogen-bond donors (Lipinski definition) is 1. The second kappa shape index (κ2) is 5.79. The molecule has 0 unspecified atom stereocenters. The SMILES string of the molecule is CC(=O)SCCC#Cc1ccc2c(c1)CCN2. The highest BCUT2D eigenvalue weighted by Gasteiger charge is 2.08. The molecular weight excluding hydrogens is 230 g/mol. The van der Waals surface area contributed by atoms with Crippen LogP contribution in [0.3, 0.4) is 0 Å². The molecule has 1 aliphatic heterocycles. The van der Waals surface area contributed by atoms with Gasteiger partial charge in [-0.05, 0) is 30.2 Å². The summed E-state index contributed by atoms with van der Waals surface area (Å²) in [6.45, 7) is 2.62. The highest BCUT2D eigenvalue weighted by molar-refractivity contribution is 8.13. The van der Waals surface area contributed by atoms with Crippen molar-refractivity contribution in [1.29, 1.82) is 0 Å². The highest BCUT2D eigenvalue weighted by Crippen LogP contribution is 2.22. The Morgan fingerprint density at radius 1 is 1.53 bits per heavy atom. The van der Waals surface area contributed by atoms with Crippen molar-refractivity contribution in [3.63, 3.8) is 0 Å². The molecule has 1 N–H and O–H groups in total. The molecule has 0 saturated heterocycles. The second-order valence-corrected chi connectivity index (χ2v) is 5.21. The Hall–Kier alpha value is -1.40. The first-order valence-corrected chi connectivity index (χ1v) is 6.73. The molecule has 1 aromatic carbocycles. The van der Waals surface area contributed by atoms with Gasteiger partial charge >= 0.3 is 0 Å². The number of rotatable bonds is 2. The van der Waals surface area contributed by atoms with Gasteiger partial charge < -0.3 is 5.32 Å². The van der Waals surface area contributed by atoms with E-state index in [1.807, 2.05) is 6.07 Å². The smallest absolute Gasteiger partial charge is 0.185 e. The molecule has 0 spiro atoms. The van der Waals surface area contributed by atoms with Crippen molar-refractivity contribution < 1.29 is 4.79 Å². The number of benzene rings is 1. The molecule has 1 aliphatic rings. The zero-order valence-electron chi connectivity index (χ0n) is 9.88. The first-order valence-electron chi connectivity index (χ1n) is 5.75. The predicted octanol–water partition coefficient (Wildman–Crippen LogP) is 2.68. The van der Waals surface area contributed by atoms with Gasteiger partial charge in [-0.25, -0.2) is 0 Å². The van der Waals surface area contributed by atoms with Crippen molar-refractivity contribution in [2.24, 2.45) is 0 Å². The highest BCUT2D eigenvalue weighted by atomic mass is 32.2. The third kappa shape index (κ3) is 3.54. The Balaban J connectivity index is 1.91. The van der Waals surface area contributed by atoms with E-state index in [1.165, 1.54) is 23.0 Å². The number of nitrogens with one attached hydrogen (secondary N) is 1. The fraction of sp³-hybridized carbons (Fsp3) is 0.357. The number of carbonyl (C=O) groups excluding carboxylic acids is 1. The fourth-order valence-corrected chi connectivity index (χ4v) is 2.28. The van der Waals surface area contributed by atoms with Gasteiger partial charge in [0.05, 0.1) is 0 Å². The summed E-state index contributed by atoms with van der Waals surface area (Å²) in [6, 6.07) is 6.29. The molecule has 0 amide bonds. The summed E-state index contributed by atoms with van der Waals surface area (Å²) in [5.74, 6) is 7.04. The summed E-state index contributed by atoms with van der Waals surface area (Å²) >= 11 is 1.34. The Morgan fingerprint density at radius 3 is 3.24 bits per heavy atom. The molecule has 0 bridgehead atoms. The molecule has 2 nitrogen and oxygen atoms in total. The quantitative estimate of drug-likeness (QED) is 0.641. The monoisotopic (exact) mass is 245 g/mol. The molecule has 17 heavy (non-hydrogen) atoms. The number of fused-ring (bicyclic) bond motifs is 1. The number of carbonyl (C=O) groups is 1. The molecule has 0 saturated carbocycles. The summed E-state index contributed by atoms with van der Waals surface area (Å²) in [6.07, 6.45) is 1.85. The molecule has 0 aliphatic carbocycles. The van der Waals surface area contributed by atoms with Crippen molar-refractivity contribution in [3.05, 3.63) is 29.3 Å². The molecule has 0 atom stereocenters. The van der Waals surface area contributed by atoms with Gasteiger partial charge in [0, 0.05) is 36.9 Å². The van der Waals surface area contributed by atoms with Crippen molar-refractivity contribution in [2.45, 2.75) is 19.8 Å². The standard InChI is InChI=1S/C14H15NOS/c1-11(16)17-9-3-2-4-12-5-6-14-13(10-12)7-8-15-14/h5-6,10,15H,3,7-9H2,1H3. The van der Waals surface area contributed by atoms with E-state index in [2.05, 4.69) is 29.3 Å². The van der Waals surface area contributed by atoms with Crippen molar-refractivity contribution in [1.82, 2.24) is 0 Å². The largest absolute Gasteiger partial charge is 0.384 e. The van der Waals surface area contributed by atoms with Crippen LogP contribution in [0.15, 0.2) is 18.2 Å². The fourth-order valence-electron chi connectivity index (χ4n) is 1.79. The minimum atomic E-state index is 0.162. The second-order valence-electron chi connectivity index (χ2n) is 3.94. The molecule has 0 aromatic heterocycles. The van der Waals surface area contributed by atoms with Crippen LogP contribution >= 0.6 is 11.8 Å². The lowest BCUT2D eigenvalue weighted by Gasteiger charge is -1.98. The molecule has 0 radical (unpaired) electrons. The first kappa shape index (κ1) is 12.1. The zero-order valence-corrected chi connectivity index (χ0v) is 10.7. The summed E-state index contributed by atoms with van der Waals surface area (Å²) < 4.78 is 0. The van der Waals surface area contributed by atoms with Gasteiger partial charge in [-0.15, -0.1) is 0 Å². The zero-order chi connectivity index (χ0) is 12.1. The maximum atomic E-state index is 10.7. The average molecular weight is 245 g/mol. The van der Waals surface area contributed by atoms with Crippen LogP contribution in [0.25, 0.3) is 0 Å². The van der Waals surface area contributed by atoms with Crippen LogP contribution in [0.4, 0.5) is 5.69 Å². The van der Waals surface area contributed by atoms with Gasteiger partial charge in [0.2, 0.25) is 0 Å². The van der Waals surface area contributed by atoms with Crippen LogP contribution in [0.5, 0.6) is 0 Å². The molecule has 1 heterocycles. The van der Waals surface area contributed by atoms with Gasteiger partial charge in [0.15, 0.2) is 5.12 Å². The van der Waals surface area contributed by atoms with Gasteiger partial charge in [-0.1, -0.05) is 23.6 Å². The maximum absolute atomic E-state index is 10.7.